The molecule has 3 aromatic carbocycles. The van der Waals surface area contributed by atoms with Gasteiger partial charge in [-0.25, -0.2) is 13.8 Å². The van der Waals surface area contributed by atoms with E-state index in [-0.39, 0.29) is 34.7 Å². The molecule has 0 aliphatic carbocycles. The molecule has 1 unspecified atom stereocenters. The first-order valence-electron chi connectivity index (χ1n) is 14.1. The highest BCUT2D eigenvalue weighted by Gasteiger charge is 2.37. The Balaban J connectivity index is 1.45. The van der Waals surface area contributed by atoms with Crippen molar-refractivity contribution in [3.63, 3.8) is 0 Å². The lowest BCUT2D eigenvalue weighted by Crippen LogP contribution is -2.35. The smallest absolute Gasteiger partial charge is 0.204 e. The van der Waals surface area contributed by atoms with Crippen molar-refractivity contribution in [1.29, 1.82) is 0 Å². The molecule has 0 saturated heterocycles. The monoisotopic (exact) mass is 606 g/mol. The number of nitrogens with zero attached hydrogens (tertiary/aromatic N) is 1. The van der Waals surface area contributed by atoms with E-state index in [1.54, 1.807) is 24.7 Å². The number of para-hydroxylation sites is 1. The second-order valence-corrected chi connectivity index (χ2v) is 12.8. The fraction of sp³-hybridized carbons (Fsp3) is 0.303. The molecule has 0 spiro atoms. The summed E-state index contributed by atoms with van der Waals surface area (Å²) in [6, 6.07) is 12.4. The third-order valence-electron chi connectivity index (χ3n) is 7.95. The molecule has 10 heteroatoms. The van der Waals surface area contributed by atoms with Crippen molar-refractivity contribution in [3.05, 3.63) is 89.1 Å². The van der Waals surface area contributed by atoms with Crippen molar-refractivity contribution in [1.82, 2.24) is 20.3 Å². The SMILES string of the molecule is CSc1c(Oc2cc(-c3ncc(C4(C)CCOc5ccccc54)[nH]3)c(F)cc2CNC(C)(C)C)c(F)c(F)c2[nH]ccc12. The number of H-pyrrole nitrogens is 2. The zero-order chi connectivity index (χ0) is 30.5. The minimum absolute atomic E-state index is 0.0647. The Morgan fingerprint density at radius 2 is 1.91 bits per heavy atom. The third-order valence-corrected chi connectivity index (χ3v) is 8.76. The number of fused-ring (bicyclic) bond motifs is 2. The van der Waals surface area contributed by atoms with Gasteiger partial charge in [-0.2, -0.15) is 4.39 Å². The van der Waals surface area contributed by atoms with Crippen LogP contribution in [0, 0.1) is 17.5 Å². The molecule has 6 nitrogen and oxygen atoms in total. The van der Waals surface area contributed by atoms with Gasteiger partial charge >= 0.3 is 0 Å². The summed E-state index contributed by atoms with van der Waals surface area (Å²) in [6.45, 7) is 8.83. The lowest BCUT2D eigenvalue weighted by molar-refractivity contribution is 0.241. The summed E-state index contributed by atoms with van der Waals surface area (Å²) in [5.74, 6) is -1.62. The van der Waals surface area contributed by atoms with Crippen molar-refractivity contribution < 1.29 is 22.6 Å². The predicted molar refractivity (Wildman–Crippen MR) is 164 cm³/mol. The fourth-order valence-electron chi connectivity index (χ4n) is 5.51. The van der Waals surface area contributed by atoms with Crippen LogP contribution in [0.4, 0.5) is 13.2 Å². The van der Waals surface area contributed by atoms with Gasteiger partial charge in [-0.05, 0) is 64.6 Å². The van der Waals surface area contributed by atoms with Crippen molar-refractivity contribution in [3.8, 4) is 28.6 Å². The van der Waals surface area contributed by atoms with Crippen LogP contribution < -0.4 is 14.8 Å². The number of rotatable bonds is 7. The van der Waals surface area contributed by atoms with Crippen LogP contribution in [0.15, 0.2) is 59.8 Å². The maximum atomic E-state index is 15.8. The number of ether oxygens (including phenoxy) is 2. The first-order valence-corrected chi connectivity index (χ1v) is 15.3. The van der Waals surface area contributed by atoms with Gasteiger partial charge in [0, 0.05) is 52.1 Å². The average Bonchev–Trinajstić information content (AvgIpc) is 3.67. The first-order chi connectivity index (χ1) is 20.5. The maximum absolute atomic E-state index is 15.8. The highest BCUT2D eigenvalue weighted by atomic mass is 32.2. The van der Waals surface area contributed by atoms with Gasteiger partial charge in [-0.15, -0.1) is 11.8 Å². The highest BCUT2D eigenvalue weighted by Crippen LogP contribution is 2.45. The Labute approximate surface area is 252 Å². The summed E-state index contributed by atoms with van der Waals surface area (Å²) in [5.41, 5.74) is 1.79. The number of halogens is 3. The molecule has 224 valence electrons. The van der Waals surface area contributed by atoms with Gasteiger partial charge in [0.25, 0.3) is 0 Å². The molecular weight excluding hydrogens is 573 g/mol. The van der Waals surface area contributed by atoms with Crippen molar-refractivity contribution in [2.75, 3.05) is 12.9 Å². The maximum Gasteiger partial charge on any atom is 0.204 e. The van der Waals surface area contributed by atoms with E-state index in [1.807, 2.05) is 45.0 Å². The van der Waals surface area contributed by atoms with Gasteiger partial charge in [-0.1, -0.05) is 18.2 Å². The van der Waals surface area contributed by atoms with Gasteiger partial charge in [-0.3, -0.25) is 0 Å². The molecule has 6 rings (SSSR count). The number of hydrogen-bond donors (Lipinski definition) is 3. The Kier molecular flexibility index (Phi) is 7.46. The van der Waals surface area contributed by atoms with E-state index in [1.165, 1.54) is 23.9 Å². The van der Waals surface area contributed by atoms with Crippen LogP contribution in [-0.2, 0) is 12.0 Å². The van der Waals surface area contributed by atoms with Gasteiger partial charge < -0.3 is 24.8 Å². The van der Waals surface area contributed by atoms with E-state index in [4.69, 9.17) is 9.47 Å². The van der Waals surface area contributed by atoms with Crippen LogP contribution in [0.2, 0.25) is 0 Å². The number of aromatic nitrogens is 3. The Morgan fingerprint density at radius 3 is 2.67 bits per heavy atom. The Hall–Kier alpha value is -3.89. The molecule has 2 aromatic heterocycles. The number of aromatic amines is 2. The summed E-state index contributed by atoms with van der Waals surface area (Å²) >= 11 is 1.24. The molecule has 0 saturated carbocycles. The van der Waals surface area contributed by atoms with Crippen LogP contribution in [0.1, 0.15) is 50.9 Å². The molecule has 1 atom stereocenters. The van der Waals surface area contributed by atoms with E-state index in [2.05, 4.69) is 27.2 Å². The van der Waals surface area contributed by atoms with Crippen molar-refractivity contribution >= 4 is 22.7 Å². The van der Waals surface area contributed by atoms with Crippen LogP contribution in [0.5, 0.6) is 17.2 Å². The van der Waals surface area contributed by atoms with Crippen molar-refractivity contribution in [2.24, 2.45) is 0 Å². The van der Waals surface area contributed by atoms with E-state index in [0.29, 0.717) is 34.7 Å². The second-order valence-electron chi connectivity index (χ2n) is 12.0. The van der Waals surface area contributed by atoms with Crippen LogP contribution in [0.3, 0.4) is 0 Å². The van der Waals surface area contributed by atoms with Crippen LogP contribution in [0.25, 0.3) is 22.3 Å². The second kappa shape index (κ2) is 11.0. The average molecular weight is 607 g/mol. The van der Waals surface area contributed by atoms with Crippen LogP contribution >= 0.6 is 11.8 Å². The summed E-state index contributed by atoms with van der Waals surface area (Å²) in [7, 11) is 0. The normalized spacial score (nSPS) is 16.7. The van der Waals surface area contributed by atoms with Gasteiger partial charge in [0.05, 0.1) is 22.6 Å². The molecular formula is C33H33F3N4O2S. The quantitative estimate of drug-likeness (QED) is 0.162. The number of hydrogen-bond acceptors (Lipinski definition) is 5. The van der Waals surface area contributed by atoms with Gasteiger partial charge in [0.1, 0.15) is 23.1 Å². The predicted octanol–water partition coefficient (Wildman–Crippen LogP) is 8.47. The molecule has 1 aliphatic heterocycles. The minimum atomic E-state index is -1.12. The van der Waals surface area contributed by atoms with E-state index >= 15 is 13.2 Å². The molecule has 0 bridgehead atoms. The summed E-state index contributed by atoms with van der Waals surface area (Å²) in [6.07, 6.45) is 5.75. The molecule has 43 heavy (non-hydrogen) atoms. The zero-order valence-corrected chi connectivity index (χ0v) is 25.4. The summed E-state index contributed by atoms with van der Waals surface area (Å²) < 4.78 is 58.4. The molecule has 1 aliphatic rings. The molecule has 3 N–H and O–H groups in total. The summed E-state index contributed by atoms with van der Waals surface area (Å²) in [5, 5.41) is 3.83. The number of thioether (sulfide) groups is 1. The lowest BCUT2D eigenvalue weighted by Gasteiger charge is -2.34. The first kappa shape index (κ1) is 29.2. The topological polar surface area (TPSA) is 75.0 Å². The Bertz CT molecular complexity index is 1830. The number of imidazole rings is 1. The number of nitrogens with one attached hydrogen (secondary N) is 3. The molecule has 0 fully saturated rings. The standard InChI is InChI=1S/C33H33F3N4O2S/c1-32(2,3)39-16-18-14-22(34)20(15-24(18)42-29-27(36)26(35)28-19(10-12-37-28)30(29)43-5)31-38-17-25(40-31)33(4)11-13-41-23-9-7-6-8-21(23)33/h6-10,12,14-15,17,37,39H,11,13,16H2,1-5H3,(H,38,40). The van der Waals surface area contributed by atoms with Crippen LogP contribution in [-0.4, -0.2) is 33.4 Å². The minimum Gasteiger partial charge on any atom is -0.493 e. The fourth-order valence-corrected chi connectivity index (χ4v) is 6.22. The number of benzene rings is 3. The highest BCUT2D eigenvalue weighted by molar-refractivity contribution is 7.99. The third kappa shape index (κ3) is 5.27. The van der Waals surface area contributed by atoms with Gasteiger partial charge in [0.2, 0.25) is 5.82 Å². The molecule has 0 amide bonds. The van der Waals surface area contributed by atoms with E-state index in [9.17, 15) is 0 Å². The van der Waals surface area contributed by atoms with Gasteiger partial charge in [0.15, 0.2) is 11.6 Å². The zero-order valence-electron chi connectivity index (χ0n) is 24.6. The van der Waals surface area contributed by atoms with E-state index in [0.717, 1.165) is 17.0 Å². The largest absolute Gasteiger partial charge is 0.493 e. The van der Waals surface area contributed by atoms with Crippen molar-refractivity contribution in [2.45, 2.75) is 56.5 Å². The molecule has 5 aromatic rings. The molecule has 3 heterocycles. The van der Waals surface area contributed by atoms with E-state index < -0.39 is 22.9 Å². The Morgan fingerprint density at radius 1 is 1.12 bits per heavy atom. The summed E-state index contributed by atoms with van der Waals surface area (Å²) in [4.78, 5) is 11.1. The molecule has 0 radical (unpaired) electrons. The lowest BCUT2D eigenvalue weighted by atomic mass is 9.75.